The summed E-state index contributed by atoms with van der Waals surface area (Å²) in [6.45, 7) is 1.89. The predicted molar refractivity (Wildman–Crippen MR) is 109 cm³/mol. The Bertz CT molecular complexity index is 959. The summed E-state index contributed by atoms with van der Waals surface area (Å²) in [6, 6.07) is 17.4. The van der Waals surface area contributed by atoms with E-state index in [-0.39, 0.29) is 17.7 Å². The Balaban J connectivity index is 1.26. The average molecular weight is 376 g/mol. The number of benzene rings is 2. The zero-order chi connectivity index (χ0) is 19.3. The molecule has 1 N–H and O–H groups in total. The Morgan fingerprint density at radius 1 is 1.00 bits per heavy atom. The minimum atomic E-state index is -0.0400. The second-order valence-corrected chi connectivity index (χ2v) is 7.19. The van der Waals surface area contributed by atoms with Crippen LogP contribution in [-0.2, 0) is 16.1 Å². The zero-order valence-corrected chi connectivity index (χ0v) is 15.8. The van der Waals surface area contributed by atoms with E-state index >= 15 is 0 Å². The molecule has 2 heterocycles. The van der Waals surface area contributed by atoms with E-state index in [4.69, 9.17) is 0 Å². The van der Waals surface area contributed by atoms with Crippen molar-refractivity contribution in [2.45, 2.75) is 25.8 Å². The summed E-state index contributed by atoms with van der Waals surface area (Å²) >= 11 is 0. The molecular weight excluding hydrogens is 352 g/mol. The number of nitrogens with zero attached hydrogens (tertiary/aromatic N) is 3. The van der Waals surface area contributed by atoms with Crippen LogP contribution >= 0.6 is 0 Å². The molecule has 28 heavy (non-hydrogen) atoms. The number of amides is 2. The second kappa shape index (κ2) is 8.25. The highest BCUT2D eigenvalue weighted by atomic mass is 16.2. The Morgan fingerprint density at radius 3 is 2.50 bits per heavy atom. The molecule has 3 aromatic rings. The van der Waals surface area contributed by atoms with E-state index in [0.29, 0.717) is 38.9 Å². The largest absolute Gasteiger partial charge is 0.343 e. The molecule has 0 bridgehead atoms. The van der Waals surface area contributed by atoms with Crippen LogP contribution in [0.3, 0.4) is 0 Å². The van der Waals surface area contributed by atoms with Crippen molar-refractivity contribution in [2.24, 2.45) is 5.92 Å². The third kappa shape index (κ3) is 4.06. The topological polar surface area (TPSA) is 67.2 Å². The first kappa shape index (κ1) is 18.2. The van der Waals surface area contributed by atoms with E-state index < -0.39 is 0 Å². The van der Waals surface area contributed by atoms with E-state index in [0.717, 1.165) is 16.7 Å². The van der Waals surface area contributed by atoms with Gasteiger partial charge in [0.1, 0.15) is 0 Å². The van der Waals surface area contributed by atoms with Crippen molar-refractivity contribution in [2.75, 3.05) is 18.4 Å². The van der Waals surface area contributed by atoms with Gasteiger partial charge in [-0.2, -0.15) is 0 Å². The normalized spacial score (nSPS) is 14.9. The molecule has 0 spiro atoms. The molecule has 1 fully saturated rings. The Hall–Kier alpha value is -3.15. The number of imidazole rings is 1. The first-order valence-electron chi connectivity index (χ1n) is 9.74. The lowest BCUT2D eigenvalue weighted by molar-refractivity contribution is -0.134. The number of carbonyl (C=O) groups excluding carboxylic acids is 2. The number of likely N-dealkylation sites (tertiary alicyclic amines) is 1. The molecule has 6 heteroatoms. The van der Waals surface area contributed by atoms with Crippen molar-refractivity contribution in [1.29, 1.82) is 0 Å². The van der Waals surface area contributed by atoms with Crippen LogP contribution in [0.5, 0.6) is 0 Å². The molecule has 1 saturated heterocycles. The number of aryl methyl sites for hydroxylation is 1. The lowest BCUT2D eigenvalue weighted by Crippen LogP contribution is -2.41. The summed E-state index contributed by atoms with van der Waals surface area (Å²) in [6.07, 6.45) is 3.65. The number of piperidine rings is 1. The number of fused-ring (bicyclic) bond motifs is 1. The minimum Gasteiger partial charge on any atom is -0.343 e. The maximum Gasteiger partial charge on any atom is 0.227 e. The fourth-order valence-corrected chi connectivity index (χ4v) is 3.72. The summed E-state index contributed by atoms with van der Waals surface area (Å²) in [7, 11) is 0. The van der Waals surface area contributed by atoms with Crippen LogP contribution in [0.15, 0.2) is 60.9 Å². The first-order valence-corrected chi connectivity index (χ1v) is 9.74. The summed E-state index contributed by atoms with van der Waals surface area (Å²) in [4.78, 5) is 31.3. The number of carbonyl (C=O) groups is 2. The molecule has 144 valence electrons. The van der Waals surface area contributed by atoms with Crippen molar-refractivity contribution in [1.82, 2.24) is 14.5 Å². The molecule has 1 aromatic heterocycles. The van der Waals surface area contributed by atoms with Gasteiger partial charge in [-0.15, -0.1) is 0 Å². The number of hydrogen-bond acceptors (Lipinski definition) is 3. The molecule has 4 rings (SSSR count). The smallest absolute Gasteiger partial charge is 0.227 e. The van der Waals surface area contributed by atoms with Gasteiger partial charge in [-0.1, -0.05) is 30.3 Å². The van der Waals surface area contributed by atoms with Crippen LogP contribution in [0.1, 0.15) is 19.3 Å². The molecule has 0 radical (unpaired) electrons. The maximum absolute atomic E-state index is 12.6. The number of hydrogen-bond donors (Lipinski definition) is 1. The maximum atomic E-state index is 12.6. The number of rotatable bonds is 5. The van der Waals surface area contributed by atoms with E-state index in [1.165, 1.54) is 0 Å². The summed E-state index contributed by atoms with van der Waals surface area (Å²) in [5.74, 6) is 0.143. The molecule has 1 aliphatic heterocycles. The highest BCUT2D eigenvalue weighted by Crippen LogP contribution is 2.20. The summed E-state index contributed by atoms with van der Waals surface area (Å²) < 4.78 is 2.02. The van der Waals surface area contributed by atoms with Gasteiger partial charge >= 0.3 is 0 Å². The van der Waals surface area contributed by atoms with E-state index in [9.17, 15) is 9.59 Å². The lowest BCUT2D eigenvalue weighted by atomic mass is 9.95. The number of aromatic nitrogens is 2. The van der Waals surface area contributed by atoms with Crippen LogP contribution in [0, 0.1) is 5.92 Å². The van der Waals surface area contributed by atoms with Gasteiger partial charge < -0.3 is 14.8 Å². The molecule has 0 unspecified atom stereocenters. The van der Waals surface area contributed by atoms with Crippen molar-refractivity contribution in [3.63, 3.8) is 0 Å². The quantitative estimate of drug-likeness (QED) is 0.743. The van der Waals surface area contributed by atoms with Crippen molar-refractivity contribution < 1.29 is 9.59 Å². The van der Waals surface area contributed by atoms with Gasteiger partial charge in [0.25, 0.3) is 0 Å². The predicted octanol–water partition coefficient (Wildman–Crippen LogP) is 3.30. The van der Waals surface area contributed by atoms with Gasteiger partial charge in [0.2, 0.25) is 11.8 Å². The monoisotopic (exact) mass is 376 g/mol. The van der Waals surface area contributed by atoms with Crippen LogP contribution in [0.4, 0.5) is 5.69 Å². The Kier molecular flexibility index (Phi) is 5.37. The van der Waals surface area contributed by atoms with E-state index in [1.807, 2.05) is 64.1 Å². The lowest BCUT2D eigenvalue weighted by Gasteiger charge is -2.31. The van der Waals surface area contributed by atoms with Crippen molar-refractivity contribution >= 4 is 28.5 Å². The minimum absolute atomic E-state index is 0.0400. The second-order valence-electron chi connectivity index (χ2n) is 7.19. The number of nitrogens with one attached hydrogen (secondary N) is 1. The van der Waals surface area contributed by atoms with Crippen LogP contribution in [0.2, 0.25) is 0 Å². The Labute approximate surface area is 164 Å². The number of para-hydroxylation sites is 3. The van der Waals surface area contributed by atoms with E-state index in [1.54, 1.807) is 6.33 Å². The molecule has 2 amide bonds. The van der Waals surface area contributed by atoms with Crippen molar-refractivity contribution in [3.8, 4) is 0 Å². The molecule has 0 aliphatic carbocycles. The molecule has 2 aromatic carbocycles. The zero-order valence-electron chi connectivity index (χ0n) is 15.8. The first-order chi connectivity index (χ1) is 13.7. The average Bonchev–Trinajstić information content (AvgIpc) is 3.16. The summed E-state index contributed by atoms with van der Waals surface area (Å²) in [5.41, 5.74) is 2.81. The fraction of sp³-hybridized carbons (Fsp3) is 0.318. The van der Waals surface area contributed by atoms with Gasteiger partial charge in [-0.05, 0) is 37.1 Å². The Morgan fingerprint density at radius 2 is 1.71 bits per heavy atom. The number of anilines is 1. The third-order valence-corrected chi connectivity index (χ3v) is 5.35. The highest BCUT2D eigenvalue weighted by molar-refractivity contribution is 5.92. The van der Waals surface area contributed by atoms with Crippen molar-refractivity contribution in [3.05, 3.63) is 60.9 Å². The van der Waals surface area contributed by atoms with Gasteiger partial charge in [0, 0.05) is 37.7 Å². The van der Waals surface area contributed by atoms with E-state index in [2.05, 4.69) is 10.3 Å². The fourth-order valence-electron chi connectivity index (χ4n) is 3.72. The highest BCUT2D eigenvalue weighted by Gasteiger charge is 2.27. The standard InChI is InChI=1S/C22H24N4O2/c27-21(12-15-26-16-23-19-8-4-5-9-20(19)26)25-13-10-17(11-14-25)22(28)24-18-6-2-1-3-7-18/h1-9,16-17H,10-15H2,(H,24,28). The molecular formula is C22H24N4O2. The van der Waals surface area contributed by atoms with Gasteiger partial charge in [-0.25, -0.2) is 4.98 Å². The SMILES string of the molecule is O=C(Nc1ccccc1)C1CCN(C(=O)CCn2cnc3ccccc32)CC1. The molecule has 1 aliphatic rings. The van der Waals surface area contributed by atoms with Gasteiger partial charge in [-0.3, -0.25) is 9.59 Å². The van der Waals surface area contributed by atoms with Crippen LogP contribution in [0.25, 0.3) is 11.0 Å². The van der Waals surface area contributed by atoms with Crippen LogP contribution < -0.4 is 5.32 Å². The summed E-state index contributed by atoms with van der Waals surface area (Å²) in [5, 5.41) is 2.96. The van der Waals surface area contributed by atoms with Crippen LogP contribution in [-0.4, -0.2) is 39.4 Å². The molecule has 6 nitrogen and oxygen atoms in total. The van der Waals surface area contributed by atoms with Gasteiger partial charge in [0.15, 0.2) is 0 Å². The van der Waals surface area contributed by atoms with Gasteiger partial charge in [0.05, 0.1) is 17.4 Å². The molecule has 0 atom stereocenters. The third-order valence-electron chi connectivity index (χ3n) is 5.35. The molecule has 0 saturated carbocycles.